The minimum atomic E-state index is 0.545. The predicted molar refractivity (Wildman–Crippen MR) is 93.5 cm³/mol. The van der Waals surface area contributed by atoms with Crippen LogP contribution >= 0.6 is 11.3 Å². The van der Waals surface area contributed by atoms with Gasteiger partial charge in [0.25, 0.3) is 0 Å². The molecule has 0 aromatic carbocycles. The van der Waals surface area contributed by atoms with Crippen molar-refractivity contribution in [3.63, 3.8) is 0 Å². The zero-order valence-electron chi connectivity index (χ0n) is 13.2. The number of rotatable bonds is 3. The van der Waals surface area contributed by atoms with Crippen molar-refractivity contribution >= 4 is 17.2 Å². The lowest BCUT2D eigenvalue weighted by molar-refractivity contribution is 0.0457. The maximum atomic E-state index is 4.66. The largest absolute Gasteiger partial charge is 0.365 e. The third-order valence-electron chi connectivity index (χ3n) is 5.42. The molecule has 1 N–H and O–H groups in total. The molecule has 3 fully saturated rings. The van der Waals surface area contributed by atoms with E-state index in [2.05, 4.69) is 51.9 Å². The predicted octanol–water partition coefficient (Wildman–Crippen LogP) is 4.01. The van der Waals surface area contributed by atoms with Gasteiger partial charge < -0.3 is 5.32 Å². The Labute approximate surface area is 136 Å². The van der Waals surface area contributed by atoms with E-state index in [4.69, 9.17) is 0 Å². The standard InChI is InChI=1S/C18H23N3S/c1-12-10-22-11-16(12)15-3-4-17(19-9-15)20-18-13(2)21-7-5-14(18)6-8-21/h3-4,9-11,13-14,18H,5-8H2,1-2H3,(H,19,20)/t13-,18+/m1/s1. The highest BCUT2D eigenvalue weighted by Crippen LogP contribution is 2.34. The average Bonchev–Trinajstić information content (AvgIpc) is 2.98. The van der Waals surface area contributed by atoms with Gasteiger partial charge >= 0.3 is 0 Å². The van der Waals surface area contributed by atoms with Crippen molar-refractivity contribution in [1.29, 1.82) is 0 Å². The molecule has 0 radical (unpaired) electrons. The number of pyridine rings is 1. The molecule has 3 aliphatic rings. The van der Waals surface area contributed by atoms with Crippen LogP contribution in [0.1, 0.15) is 25.3 Å². The molecule has 0 aliphatic carbocycles. The molecule has 2 aromatic heterocycles. The number of hydrogen-bond donors (Lipinski definition) is 1. The number of nitrogens with zero attached hydrogens (tertiary/aromatic N) is 2. The van der Waals surface area contributed by atoms with E-state index >= 15 is 0 Å². The molecule has 2 bridgehead atoms. The molecule has 22 heavy (non-hydrogen) atoms. The van der Waals surface area contributed by atoms with Gasteiger partial charge in [-0.15, -0.1) is 0 Å². The van der Waals surface area contributed by atoms with Crippen molar-refractivity contribution in [3.05, 3.63) is 34.7 Å². The van der Waals surface area contributed by atoms with E-state index < -0.39 is 0 Å². The fraction of sp³-hybridized carbons (Fsp3) is 0.500. The lowest BCUT2D eigenvalue weighted by atomic mass is 9.79. The Hall–Kier alpha value is -1.39. The Morgan fingerprint density at radius 1 is 1.23 bits per heavy atom. The maximum absolute atomic E-state index is 4.66. The SMILES string of the molecule is Cc1cscc1-c1ccc(N[C@@H]2C3CCN(CC3)[C@@H]2C)nc1. The van der Waals surface area contributed by atoms with Crippen LogP contribution < -0.4 is 5.32 Å². The van der Waals surface area contributed by atoms with Gasteiger partial charge in [0.05, 0.1) is 0 Å². The number of thiophene rings is 1. The fourth-order valence-electron chi connectivity index (χ4n) is 4.01. The molecule has 5 rings (SSSR count). The molecule has 3 aliphatic heterocycles. The fourth-order valence-corrected chi connectivity index (χ4v) is 4.87. The van der Waals surface area contributed by atoms with Crippen molar-refractivity contribution in [2.45, 2.75) is 38.8 Å². The summed E-state index contributed by atoms with van der Waals surface area (Å²) in [6.07, 6.45) is 4.66. The molecule has 4 heteroatoms. The molecule has 116 valence electrons. The van der Waals surface area contributed by atoms with E-state index in [0.29, 0.717) is 12.1 Å². The lowest BCUT2D eigenvalue weighted by Crippen LogP contribution is -2.59. The minimum Gasteiger partial charge on any atom is -0.365 e. The molecule has 3 nitrogen and oxygen atoms in total. The minimum absolute atomic E-state index is 0.545. The summed E-state index contributed by atoms with van der Waals surface area (Å²) in [6, 6.07) is 5.49. The van der Waals surface area contributed by atoms with Crippen LogP contribution in [0, 0.1) is 12.8 Å². The summed E-state index contributed by atoms with van der Waals surface area (Å²) < 4.78 is 0. The second kappa shape index (κ2) is 5.67. The normalized spacial score (nSPS) is 30.5. The number of nitrogens with one attached hydrogen (secondary N) is 1. The summed E-state index contributed by atoms with van der Waals surface area (Å²) in [4.78, 5) is 7.27. The summed E-state index contributed by atoms with van der Waals surface area (Å²) in [6.45, 7) is 7.06. The number of anilines is 1. The van der Waals surface area contributed by atoms with Crippen LogP contribution in [-0.2, 0) is 0 Å². The Bertz CT molecular complexity index is 639. The third kappa shape index (κ3) is 2.44. The van der Waals surface area contributed by atoms with Gasteiger partial charge in [-0.05, 0) is 79.7 Å². The second-order valence-corrected chi connectivity index (χ2v) is 7.43. The van der Waals surface area contributed by atoms with Crippen molar-refractivity contribution in [2.24, 2.45) is 5.92 Å². The number of aryl methyl sites for hydroxylation is 1. The highest BCUT2D eigenvalue weighted by atomic mass is 32.1. The highest BCUT2D eigenvalue weighted by Gasteiger charge is 2.39. The van der Waals surface area contributed by atoms with Gasteiger partial charge in [0.2, 0.25) is 0 Å². The third-order valence-corrected chi connectivity index (χ3v) is 6.28. The van der Waals surface area contributed by atoms with Crippen molar-refractivity contribution in [1.82, 2.24) is 9.88 Å². The average molecular weight is 313 g/mol. The number of aromatic nitrogens is 1. The Kier molecular flexibility index (Phi) is 3.66. The van der Waals surface area contributed by atoms with E-state index in [1.807, 2.05) is 6.20 Å². The summed E-state index contributed by atoms with van der Waals surface area (Å²) >= 11 is 1.75. The molecular formula is C18H23N3S. The van der Waals surface area contributed by atoms with E-state index in [9.17, 15) is 0 Å². The molecule has 5 heterocycles. The van der Waals surface area contributed by atoms with Gasteiger partial charge in [-0.3, -0.25) is 4.90 Å². The molecule has 2 atom stereocenters. The van der Waals surface area contributed by atoms with Crippen LogP contribution in [0.15, 0.2) is 29.1 Å². The molecule has 0 saturated carbocycles. The summed E-state index contributed by atoms with van der Waals surface area (Å²) in [7, 11) is 0. The smallest absolute Gasteiger partial charge is 0.126 e. The van der Waals surface area contributed by atoms with Crippen LogP contribution in [0.4, 0.5) is 5.82 Å². The van der Waals surface area contributed by atoms with Crippen LogP contribution in [0.3, 0.4) is 0 Å². The molecule has 0 unspecified atom stereocenters. The molecule has 0 spiro atoms. The monoisotopic (exact) mass is 313 g/mol. The first-order valence-corrected chi connectivity index (χ1v) is 9.16. The van der Waals surface area contributed by atoms with E-state index in [0.717, 1.165) is 11.7 Å². The van der Waals surface area contributed by atoms with Gasteiger partial charge in [-0.2, -0.15) is 11.3 Å². The van der Waals surface area contributed by atoms with Gasteiger partial charge in [0, 0.05) is 23.8 Å². The Morgan fingerprint density at radius 3 is 2.64 bits per heavy atom. The van der Waals surface area contributed by atoms with E-state index in [1.54, 1.807) is 11.3 Å². The summed E-state index contributed by atoms with van der Waals surface area (Å²) in [5, 5.41) is 8.09. The summed E-state index contributed by atoms with van der Waals surface area (Å²) in [5.41, 5.74) is 3.85. The van der Waals surface area contributed by atoms with Gasteiger partial charge in [0.1, 0.15) is 5.82 Å². The van der Waals surface area contributed by atoms with E-state index in [1.165, 1.54) is 42.6 Å². The highest BCUT2D eigenvalue weighted by molar-refractivity contribution is 7.08. The quantitative estimate of drug-likeness (QED) is 0.928. The van der Waals surface area contributed by atoms with Crippen LogP contribution in [0.25, 0.3) is 11.1 Å². The lowest BCUT2D eigenvalue weighted by Gasteiger charge is -2.50. The van der Waals surface area contributed by atoms with Gasteiger partial charge in [-0.1, -0.05) is 0 Å². The first-order chi connectivity index (χ1) is 10.7. The van der Waals surface area contributed by atoms with Crippen molar-refractivity contribution in [2.75, 3.05) is 18.4 Å². The molecule has 2 aromatic rings. The molecule has 3 saturated heterocycles. The van der Waals surface area contributed by atoms with Crippen molar-refractivity contribution in [3.8, 4) is 11.1 Å². The van der Waals surface area contributed by atoms with Gasteiger partial charge in [-0.25, -0.2) is 4.98 Å². The Morgan fingerprint density at radius 2 is 2.05 bits per heavy atom. The van der Waals surface area contributed by atoms with Crippen LogP contribution in [0.2, 0.25) is 0 Å². The van der Waals surface area contributed by atoms with E-state index in [-0.39, 0.29) is 0 Å². The second-order valence-electron chi connectivity index (χ2n) is 6.68. The molecule has 0 amide bonds. The molecular weight excluding hydrogens is 290 g/mol. The van der Waals surface area contributed by atoms with Crippen LogP contribution in [0.5, 0.6) is 0 Å². The summed E-state index contributed by atoms with van der Waals surface area (Å²) in [5.74, 6) is 1.82. The number of piperidine rings is 3. The number of hydrogen-bond acceptors (Lipinski definition) is 4. The zero-order chi connectivity index (χ0) is 15.1. The zero-order valence-corrected chi connectivity index (χ0v) is 14.1. The topological polar surface area (TPSA) is 28.2 Å². The first kappa shape index (κ1) is 14.2. The Balaban J connectivity index is 1.51. The van der Waals surface area contributed by atoms with Crippen LogP contribution in [-0.4, -0.2) is 35.1 Å². The number of fused-ring (bicyclic) bond motifs is 3. The first-order valence-electron chi connectivity index (χ1n) is 8.22. The maximum Gasteiger partial charge on any atom is 0.126 e. The van der Waals surface area contributed by atoms with Gasteiger partial charge in [0.15, 0.2) is 0 Å². The van der Waals surface area contributed by atoms with Crippen molar-refractivity contribution < 1.29 is 0 Å².